The number of nitrogens with two attached hydrogens (primary N) is 1. The van der Waals surface area contributed by atoms with E-state index in [1.807, 2.05) is 13.0 Å². The summed E-state index contributed by atoms with van der Waals surface area (Å²) in [5.41, 5.74) is 7.21. The highest BCUT2D eigenvalue weighted by molar-refractivity contribution is 7.09. The molecule has 1 aromatic carbocycles. The number of hydrogen-bond acceptors (Lipinski definition) is 5. The number of nitrogens with zero attached hydrogens (tertiary/aromatic N) is 3. The molecule has 0 spiro atoms. The fourth-order valence-corrected chi connectivity index (χ4v) is 2.43. The second-order valence-corrected chi connectivity index (χ2v) is 4.89. The highest BCUT2D eigenvalue weighted by atomic mass is 32.1. The fraction of sp³-hybridized carbons (Fsp3) is 0.333. The van der Waals surface area contributed by atoms with Crippen LogP contribution in [0.5, 0.6) is 0 Å². The maximum atomic E-state index is 12.5. The van der Waals surface area contributed by atoms with Crippen molar-refractivity contribution in [3.05, 3.63) is 35.7 Å². The van der Waals surface area contributed by atoms with Crippen LogP contribution in [-0.4, -0.2) is 15.9 Å². The SMILES string of the molecule is CCN(Cc1cccc(N)c1)c1nc(C(F)(F)F)ns1. The van der Waals surface area contributed by atoms with Gasteiger partial charge in [0.2, 0.25) is 11.0 Å². The van der Waals surface area contributed by atoms with E-state index < -0.39 is 12.0 Å². The smallest absolute Gasteiger partial charge is 0.399 e. The van der Waals surface area contributed by atoms with Crippen LogP contribution < -0.4 is 10.6 Å². The highest BCUT2D eigenvalue weighted by Gasteiger charge is 2.36. The average Bonchev–Trinajstić information content (AvgIpc) is 2.85. The van der Waals surface area contributed by atoms with Gasteiger partial charge >= 0.3 is 6.18 Å². The molecule has 4 nitrogen and oxygen atoms in total. The summed E-state index contributed by atoms with van der Waals surface area (Å²) < 4.78 is 40.8. The Labute approximate surface area is 118 Å². The molecule has 2 aromatic rings. The van der Waals surface area contributed by atoms with Crippen LogP contribution in [0.25, 0.3) is 0 Å². The molecule has 0 unspecified atom stereocenters. The Balaban J connectivity index is 2.18. The van der Waals surface area contributed by atoms with Crippen LogP contribution in [0, 0.1) is 0 Å². The summed E-state index contributed by atoms with van der Waals surface area (Å²) in [6.45, 7) is 2.82. The second-order valence-electron chi connectivity index (χ2n) is 4.16. The van der Waals surface area contributed by atoms with E-state index in [4.69, 9.17) is 5.73 Å². The zero-order chi connectivity index (χ0) is 14.8. The number of alkyl halides is 3. The minimum Gasteiger partial charge on any atom is -0.399 e. The number of benzene rings is 1. The predicted octanol–water partition coefficient (Wildman–Crippen LogP) is 3.17. The standard InChI is InChI=1S/C12H13F3N4S/c1-2-19(7-8-4-3-5-9(16)6-8)11-17-10(18-20-11)12(13,14)15/h3-6H,2,7,16H2,1H3. The molecule has 20 heavy (non-hydrogen) atoms. The number of nitrogen functional groups attached to an aromatic ring is 1. The fourth-order valence-electron chi connectivity index (χ4n) is 1.69. The minimum absolute atomic E-state index is 0.252. The molecule has 0 aliphatic heterocycles. The minimum atomic E-state index is -4.51. The van der Waals surface area contributed by atoms with E-state index in [0.717, 1.165) is 17.1 Å². The van der Waals surface area contributed by atoms with E-state index in [-0.39, 0.29) is 5.13 Å². The van der Waals surface area contributed by atoms with Crippen LogP contribution in [0.3, 0.4) is 0 Å². The van der Waals surface area contributed by atoms with Crippen molar-refractivity contribution in [2.45, 2.75) is 19.6 Å². The lowest BCUT2D eigenvalue weighted by Gasteiger charge is -2.19. The topological polar surface area (TPSA) is 55.0 Å². The molecule has 8 heteroatoms. The summed E-state index contributed by atoms with van der Waals surface area (Å²) in [5.74, 6) is -1.09. The predicted molar refractivity (Wildman–Crippen MR) is 72.5 cm³/mol. The van der Waals surface area contributed by atoms with Crippen molar-refractivity contribution >= 4 is 22.4 Å². The third-order valence-electron chi connectivity index (χ3n) is 2.65. The number of halogens is 3. The van der Waals surface area contributed by atoms with Gasteiger partial charge in [-0.05, 0) is 24.6 Å². The van der Waals surface area contributed by atoms with E-state index in [1.165, 1.54) is 0 Å². The lowest BCUT2D eigenvalue weighted by Crippen LogP contribution is -2.22. The molecule has 0 saturated heterocycles. The summed E-state index contributed by atoms with van der Waals surface area (Å²) in [6, 6.07) is 7.21. The van der Waals surface area contributed by atoms with E-state index in [9.17, 15) is 13.2 Å². The number of rotatable bonds is 4. The Morgan fingerprint density at radius 3 is 2.65 bits per heavy atom. The molecule has 0 amide bonds. The summed E-state index contributed by atoms with van der Waals surface area (Å²) in [7, 11) is 0. The van der Waals surface area contributed by atoms with Gasteiger partial charge in [-0.25, -0.2) is 0 Å². The molecule has 0 saturated carbocycles. The molecule has 0 aliphatic rings. The van der Waals surface area contributed by atoms with Gasteiger partial charge in [-0.2, -0.15) is 22.5 Å². The van der Waals surface area contributed by atoms with Crippen LogP contribution in [0.15, 0.2) is 24.3 Å². The van der Waals surface area contributed by atoms with Crippen LogP contribution in [0.1, 0.15) is 18.3 Å². The summed E-state index contributed by atoms with van der Waals surface area (Å²) >= 11 is 0.746. The van der Waals surface area contributed by atoms with Gasteiger partial charge in [0, 0.05) is 30.3 Å². The average molecular weight is 302 g/mol. The molecule has 0 radical (unpaired) electrons. The van der Waals surface area contributed by atoms with Crippen LogP contribution in [0.2, 0.25) is 0 Å². The van der Waals surface area contributed by atoms with E-state index in [1.54, 1.807) is 23.1 Å². The summed E-state index contributed by atoms with van der Waals surface area (Å²) in [5, 5.41) is 0.252. The Kier molecular flexibility index (Phi) is 4.12. The van der Waals surface area contributed by atoms with Gasteiger partial charge in [0.15, 0.2) is 0 Å². The number of anilines is 2. The van der Waals surface area contributed by atoms with Crippen molar-refractivity contribution in [2.24, 2.45) is 0 Å². The molecular formula is C12H13F3N4S. The molecular weight excluding hydrogens is 289 g/mol. The van der Waals surface area contributed by atoms with E-state index >= 15 is 0 Å². The largest absolute Gasteiger partial charge is 0.452 e. The molecule has 0 bridgehead atoms. The van der Waals surface area contributed by atoms with Gasteiger partial charge in [-0.15, -0.1) is 0 Å². The van der Waals surface area contributed by atoms with Crippen molar-refractivity contribution in [3.8, 4) is 0 Å². The molecule has 1 aromatic heterocycles. The Hall–Kier alpha value is -1.83. The third kappa shape index (κ3) is 3.38. The Morgan fingerprint density at radius 2 is 2.10 bits per heavy atom. The maximum Gasteiger partial charge on any atom is 0.452 e. The molecule has 2 rings (SSSR count). The van der Waals surface area contributed by atoms with Gasteiger partial charge in [0.1, 0.15) is 0 Å². The Bertz CT molecular complexity index is 582. The lowest BCUT2D eigenvalue weighted by atomic mass is 10.2. The van der Waals surface area contributed by atoms with Crippen LogP contribution in [0.4, 0.5) is 24.0 Å². The number of aromatic nitrogens is 2. The van der Waals surface area contributed by atoms with Crippen molar-refractivity contribution < 1.29 is 13.2 Å². The Morgan fingerprint density at radius 1 is 1.35 bits per heavy atom. The first-order valence-electron chi connectivity index (χ1n) is 5.90. The van der Waals surface area contributed by atoms with E-state index in [0.29, 0.717) is 18.8 Å². The normalized spacial score (nSPS) is 11.6. The molecule has 2 N–H and O–H groups in total. The van der Waals surface area contributed by atoms with Crippen LogP contribution >= 0.6 is 11.5 Å². The highest BCUT2D eigenvalue weighted by Crippen LogP contribution is 2.30. The van der Waals surface area contributed by atoms with Gasteiger partial charge in [-0.1, -0.05) is 12.1 Å². The second kappa shape index (κ2) is 5.66. The van der Waals surface area contributed by atoms with Crippen LogP contribution in [-0.2, 0) is 12.7 Å². The first kappa shape index (κ1) is 14.6. The maximum absolute atomic E-state index is 12.5. The monoisotopic (exact) mass is 302 g/mol. The van der Waals surface area contributed by atoms with Crippen molar-refractivity contribution in [2.75, 3.05) is 17.2 Å². The summed E-state index contributed by atoms with van der Waals surface area (Å²) in [6.07, 6.45) is -4.51. The molecule has 0 aliphatic carbocycles. The quantitative estimate of drug-likeness (QED) is 0.881. The van der Waals surface area contributed by atoms with E-state index in [2.05, 4.69) is 9.36 Å². The first-order chi connectivity index (χ1) is 9.40. The first-order valence-corrected chi connectivity index (χ1v) is 6.67. The van der Waals surface area contributed by atoms with Crippen molar-refractivity contribution in [1.29, 1.82) is 0 Å². The summed E-state index contributed by atoms with van der Waals surface area (Å²) in [4.78, 5) is 5.27. The van der Waals surface area contributed by atoms with Gasteiger partial charge in [0.25, 0.3) is 0 Å². The van der Waals surface area contributed by atoms with Gasteiger partial charge in [0.05, 0.1) is 0 Å². The zero-order valence-corrected chi connectivity index (χ0v) is 11.5. The molecule has 0 atom stereocenters. The zero-order valence-electron chi connectivity index (χ0n) is 10.7. The molecule has 108 valence electrons. The number of hydrogen-bond donors (Lipinski definition) is 1. The van der Waals surface area contributed by atoms with Gasteiger partial charge < -0.3 is 10.6 Å². The van der Waals surface area contributed by atoms with Crippen molar-refractivity contribution in [1.82, 2.24) is 9.36 Å². The third-order valence-corrected chi connectivity index (χ3v) is 3.42. The lowest BCUT2D eigenvalue weighted by molar-refractivity contribution is -0.144. The molecule has 1 heterocycles. The molecule has 0 fully saturated rings. The van der Waals surface area contributed by atoms with Gasteiger partial charge in [-0.3, -0.25) is 0 Å². The van der Waals surface area contributed by atoms with Crippen molar-refractivity contribution in [3.63, 3.8) is 0 Å².